The first-order valence-electron chi connectivity index (χ1n) is 3.99. The quantitative estimate of drug-likeness (QED) is 0.205. The summed E-state index contributed by atoms with van der Waals surface area (Å²) in [6.45, 7) is 0. The van der Waals surface area contributed by atoms with Gasteiger partial charge in [0.2, 0.25) is 11.8 Å². The highest BCUT2D eigenvalue weighted by Crippen LogP contribution is 2.21. The van der Waals surface area contributed by atoms with E-state index >= 15 is 0 Å². The van der Waals surface area contributed by atoms with Crippen molar-refractivity contribution in [1.29, 1.82) is 0 Å². The zero-order valence-corrected chi connectivity index (χ0v) is 8.02. The van der Waals surface area contributed by atoms with E-state index in [1.807, 2.05) is 0 Å². The monoisotopic (exact) mass is 252 g/mol. The van der Waals surface area contributed by atoms with E-state index in [0.29, 0.717) is 6.21 Å². The van der Waals surface area contributed by atoms with Gasteiger partial charge in [-0.25, -0.2) is 22.0 Å². The molecule has 0 fully saturated rings. The van der Waals surface area contributed by atoms with Crippen molar-refractivity contribution in [3.8, 4) is 0 Å². The summed E-state index contributed by atoms with van der Waals surface area (Å²) in [7, 11) is 0. The maximum absolute atomic E-state index is 13.0. The molecule has 0 saturated carbocycles. The number of benzene rings is 1. The topological polar surface area (TPSA) is 76.8 Å². The normalized spacial score (nSPS) is 10.9. The van der Waals surface area contributed by atoms with Gasteiger partial charge < -0.3 is 11.5 Å². The van der Waals surface area contributed by atoms with Gasteiger partial charge in [-0.15, -0.1) is 5.10 Å². The van der Waals surface area contributed by atoms with Crippen molar-refractivity contribution in [2.75, 3.05) is 0 Å². The minimum absolute atomic E-state index is 0.315. The highest BCUT2D eigenvalue weighted by atomic mass is 19.2. The molecule has 4 nitrogen and oxygen atoms in total. The molecule has 0 heterocycles. The molecule has 9 heteroatoms. The van der Waals surface area contributed by atoms with E-state index in [0.717, 1.165) is 0 Å². The van der Waals surface area contributed by atoms with Crippen molar-refractivity contribution in [3.05, 3.63) is 34.6 Å². The van der Waals surface area contributed by atoms with E-state index in [1.165, 1.54) is 0 Å². The van der Waals surface area contributed by atoms with Crippen LogP contribution in [0.5, 0.6) is 0 Å². The molecule has 0 unspecified atom stereocenters. The minimum Gasteiger partial charge on any atom is -0.369 e. The van der Waals surface area contributed by atoms with E-state index < -0.39 is 40.6 Å². The Morgan fingerprint density at radius 2 is 1.24 bits per heavy atom. The van der Waals surface area contributed by atoms with Crippen LogP contribution < -0.4 is 11.5 Å². The summed E-state index contributed by atoms with van der Waals surface area (Å²) < 4.78 is 64.0. The summed E-state index contributed by atoms with van der Waals surface area (Å²) in [6, 6.07) is 0. The number of guanidine groups is 1. The molecule has 0 radical (unpaired) electrons. The molecule has 0 aliphatic carbocycles. The molecule has 92 valence electrons. The third kappa shape index (κ3) is 2.49. The average molecular weight is 252 g/mol. The highest BCUT2D eigenvalue weighted by Gasteiger charge is 2.24. The first kappa shape index (κ1) is 12.9. The minimum atomic E-state index is -2.25. The number of hydrogen-bond donors (Lipinski definition) is 2. The van der Waals surface area contributed by atoms with Gasteiger partial charge in [0.25, 0.3) is 0 Å². The fourth-order valence-corrected chi connectivity index (χ4v) is 0.888. The van der Waals surface area contributed by atoms with Gasteiger partial charge in [-0.3, -0.25) is 0 Å². The van der Waals surface area contributed by atoms with Crippen LogP contribution in [0, 0.1) is 29.1 Å². The van der Waals surface area contributed by atoms with E-state index in [4.69, 9.17) is 11.5 Å². The molecule has 0 bridgehead atoms. The fourth-order valence-electron chi connectivity index (χ4n) is 0.888. The van der Waals surface area contributed by atoms with Crippen molar-refractivity contribution in [3.63, 3.8) is 0 Å². The van der Waals surface area contributed by atoms with Gasteiger partial charge in [0.1, 0.15) is 0 Å². The van der Waals surface area contributed by atoms with Gasteiger partial charge in [-0.1, -0.05) is 0 Å². The highest BCUT2D eigenvalue weighted by molar-refractivity contribution is 5.82. The Labute approximate surface area is 91.4 Å². The molecule has 1 aromatic rings. The summed E-state index contributed by atoms with van der Waals surface area (Å²) in [5.41, 5.74) is 8.44. The maximum Gasteiger partial charge on any atom is 0.211 e. The molecule has 0 aromatic heterocycles. The van der Waals surface area contributed by atoms with Crippen molar-refractivity contribution in [2.45, 2.75) is 0 Å². The van der Waals surface area contributed by atoms with Crippen LogP contribution in [0.2, 0.25) is 0 Å². The molecule has 0 spiro atoms. The summed E-state index contributed by atoms with van der Waals surface area (Å²) >= 11 is 0. The second kappa shape index (κ2) is 4.76. The third-order valence-corrected chi connectivity index (χ3v) is 1.60. The maximum atomic E-state index is 13.0. The molecule has 17 heavy (non-hydrogen) atoms. The van der Waals surface area contributed by atoms with Crippen molar-refractivity contribution in [1.82, 2.24) is 0 Å². The van der Waals surface area contributed by atoms with Crippen LogP contribution >= 0.6 is 0 Å². The molecule has 0 aliphatic heterocycles. The van der Waals surface area contributed by atoms with Crippen molar-refractivity contribution in [2.24, 2.45) is 21.7 Å². The van der Waals surface area contributed by atoms with Crippen LogP contribution in [-0.2, 0) is 0 Å². The first-order chi connectivity index (χ1) is 7.86. The van der Waals surface area contributed by atoms with Crippen LogP contribution in [0.4, 0.5) is 22.0 Å². The summed E-state index contributed by atoms with van der Waals surface area (Å²) in [5, 5.41) is 5.91. The Bertz CT molecular complexity index is 478. The third-order valence-electron chi connectivity index (χ3n) is 1.60. The average Bonchev–Trinajstić information content (AvgIpc) is 2.28. The lowest BCUT2D eigenvalue weighted by Crippen LogP contribution is -2.21. The zero-order chi connectivity index (χ0) is 13.2. The zero-order valence-electron chi connectivity index (χ0n) is 8.02. The van der Waals surface area contributed by atoms with E-state index in [1.54, 1.807) is 0 Å². The molecule has 0 saturated heterocycles. The van der Waals surface area contributed by atoms with Crippen molar-refractivity contribution < 1.29 is 22.0 Å². The molecule has 0 aliphatic rings. The SMILES string of the molecule is NC(N)=N/N=C\c1c(F)c(F)c(F)c(F)c1F. The number of halogens is 5. The molecule has 1 aromatic carbocycles. The number of nitrogens with zero attached hydrogens (tertiary/aromatic N) is 2. The molecule has 0 amide bonds. The van der Waals surface area contributed by atoms with Gasteiger partial charge in [0.15, 0.2) is 23.3 Å². The van der Waals surface area contributed by atoms with Gasteiger partial charge in [-0.2, -0.15) is 5.10 Å². The summed E-state index contributed by atoms with van der Waals surface area (Å²) in [4.78, 5) is 0. The second-order valence-electron chi connectivity index (χ2n) is 2.75. The number of nitrogens with two attached hydrogens (primary N) is 2. The fraction of sp³-hybridized carbons (Fsp3) is 0. The summed E-state index contributed by atoms with van der Waals surface area (Å²) in [6.07, 6.45) is 0.315. The van der Waals surface area contributed by atoms with E-state index in [9.17, 15) is 22.0 Å². The van der Waals surface area contributed by atoms with Gasteiger partial charge in [0, 0.05) is 0 Å². The Hall–Kier alpha value is -2.19. The predicted molar refractivity (Wildman–Crippen MR) is 49.6 cm³/mol. The lowest BCUT2D eigenvalue weighted by Gasteiger charge is -2.02. The Kier molecular flexibility index (Phi) is 3.61. The number of rotatable bonds is 2. The lowest BCUT2D eigenvalue weighted by atomic mass is 10.2. The van der Waals surface area contributed by atoms with E-state index in [2.05, 4.69) is 10.2 Å². The predicted octanol–water partition coefficient (Wildman–Crippen LogP) is 0.989. The van der Waals surface area contributed by atoms with Gasteiger partial charge in [0.05, 0.1) is 11.8 Å². The van der Waals surface area contributed by atoms with Crippen molar-refractivity contribution >= 4 is 12.2 Å². The van der Waals surface area contributed by atoms with Crippen LogP contribution in [0.15, 0.2) is 10.2 Å². The molecule has 1 rings (SSSR count). The van der Waals surface area contributed by atoms with Crippen LogP contribution in [0.1, 0.15) is 5.56 Å². The van der Waals surface area contributed by atoms with Crippen LogP contribution in [0.25, 0.3) is 0 Å². The summed E-state index contributed by atoms with van der Waals surface area (Å²) in [5.74, 6) is -11.0. The van der Waals surface area contributed by atoms with Gasteiger partial charge in [-0.05, 0) is 0 Å². The number of hydrogen-bond acceptors (Lipinski definition) is 2. The van der Waals surface area contributed by atoms with E-state index in [-0.39, 0.29) is 0 Å². The Morgan fingerprint density at radius 1 is 0.824 bits per heavy atom. The first-order valence-corrected chi connectivity index (χ1v) is 3.99. The lowest BCUT2D eigenvalue weighted by molar-refractivity contribution is 0.377. The van der Waals surface area contributed by atoms with Gasteiger partial charge >= 0.3 is 0 Å². The molecular weight excluding hydrogens is 247 g/mol. The molecule has 4 N–H and O–H groups in total. The van der Waals surface area contributed by atoms with Crippen LogP contribution in [-0.4, -0.2) is 12.2 Å². The Morgan fingerprint density at radius 3 is 1.65 bits per heavy atom. The molecular formula is C8H5F5N4. The molecule has 0 atom stereocenters. The largest absolute Gasteiger partial charge is 0.369 e. The second-order valence-corrected chi connectivity index (χ2v) is 2.75. The van der Waals surface area contributed by atoms with Crippen LogP contribution in [0.3, 0.4) is 0 Å². The standard InChI is InChI=1S/C8H5F5N4/c9-3-2(1-16-17-8(14)15)4(10)6(12)7(13)5(3)11/h1H,(H4,14,15,17)/b16-1-. The Balaban J connectivity index is 3.35. The smallest absolute Gasteiger partial charge is 0.211 e.